The van der Waals surface area contributed by atoms with E-state index >= 15 is 0 Å². The first-order valence-corrected chi connectivity index (χ1v) is 7.41. The fraction of sp³-hybridized carbons (Fsp3) is 0.0556. The topological polar surface area (TPSA) is 55.1 Å². The molecule has 0 aliphatic heterocycles. The zero-order chi connectivity index (χ0) is 15.6. The predicted molar refractivity (Wildman–Crippen MR) is 90.7 cm³/mol. The minimum Gasteiger partial charge on any atom is -0.323 e. The predicted octanol–water partition coefficient (Wildman–Crippen LogP) is 3.84. The molecule has 112 valence electrons. The lowest BCUT2D eigenvalue weighted by Crippen LogP contribution is -2.03. The zero-order valence-electron chi connectivity index (χ0n) is 12.6. The average Bonchev–Trinajstić information content (AvgIpc) is 2.93. The first kappa shape index (κ1) is 13.5. The van der Waals surface area contributed by atoms with Crippen molar-refractivity contribution in [3.63, 3.8) is 0 Å². The zero-order valence-corrected chi connectivity index (χ0v) is 12.6. The Morgan fingerprint density at radius 3 is 2.35 bits per heavy atom. The molecule has 5 heteroatoms. The molecule has 0 radical (unpaired) electrons. The van der Waals surface area contributed by atoms with Crippen LogP contribution in [0.4, 0.5) is 11.6 Å². The molecule has 0 amide bonds. The second-order valence-corrected chi connectivity index (χ2v) is 5.26. The number of imidazole rings is 1. The highest BCUT2D eigenvalue weighted by molar-refractivity contribution is 5.64. The van der Waals surface area contributed by atoms with Gasteiger partial charge in [-0.15, -0.1) is 5.10 Å². The van der Waals surface area contributed by atoms with E-state index in [1.165, 1.54) is 0 Å². The summed E-state index contributed by atoms with van der Waals surface area (Å²) in [5, 5.41) is 7.81. The van der Waals surface area contributed by atoms with E-state index in [1.807, 2.05) is 72.1 Å². The molecular weight excluding hydrogens is 286 g/mol. The van der Waals surface area contributed by atoms with Crippen molar-refractivity contribution >= 4 is 17.2 Å². The molecular formula is C18H15N5. The van der Waals surface area contributed by atoms with E-state index < -0.39 is 0 Å². The molecule has 23 heavy (non-hydrogen) atoms. The fourth-order valence-corrected chi connectivity index (χ4v) is 2.50. The van der Waals surface area contributed by atoms with E-state index in [2.05, 4.69) is 20.4 Å². The average molecular weight is 301 g/mol. The van der Waals surface area contributed by atoms with E-state index in [1.54, 1.807) is 6.20 Å². The normalized spacial score (nSPS) is 10.8. The highest BCUT2D eigenvalue weighted by Crippen LogP contribution is 2.22. The second kappa shape index (κ2) is 5.53. The molecule has 4 rings (SSSR count). The number of fused-ring (bicyclic) bond motifs is 1. The molecule has 0 bridgehead atoms. The molecule has 2 aromatic heterocycles. The number of hydrogen-bond acceptors (Lipinski definition) is 4. The number of nitrogens with one attached hydrogen (secondary N) is 1. The number of para-hydroxylation sites is 1. The fourth-order valence-electron chi connectivity index (χ4n) is 2.50. The van der Waals surface area contributed by atoms with Gasteiger partial charge in [0.05, 0.1) is 11.9 Å². The lowest BCUT2D eigenvalue weighted by molar-refractivity contribution is 0.909. The monoisotopic (exact) mass is 301 g/mol. The summed E-state index contributed by atoms with van der Waals surface area (Å²) >= 11 is 0. The van der Waals surface area contributed by atoms with E-state index in [0.29, 0.717) is 5.95 Å². The largest absolute Gasteiger partial charge is 0.323 e. The number of aromatic nitrogens is 4. The van der Waals surface area contributed by atoms with Crippen molar-refractivity contribution in [2.24, 2.45) is 0 Å². The molecule has 2 aromatic carbocycles. The molecule has 0 spiro atoms. The summed E-state index contributed by atoms with van der Waals surface area (Å²) in [5.74, 6) is 1.36. The second-order valence-electron chi connectivity index (χ2n) is 5.26. The third-order valence-electron chi connectivity index (χ3n) is 3.64. The smallest absolute Gasteiger partial charge is 0.245 e. The summed E-state index contributed by atoms with van der Waals surface area (Å²) in [5.41, 5.74) is 3.79. The van der Waals surface area contributed by atoms with Crippen LogP contribution in [0.3, 0.4) is 0 Å². The van der Waals surface area contributed by atoms with Crippen LogP contribution in [0.1, 0.15) is 5.69 Å². The van der Waals surface area contributed by atoms with E-state index in [0.717, 1.165) is 28.3 Å². The third-order valence-corrected chi connectivity index (χ3v) is 3.64. The Balaban J connectivity index is 1.81. The maximum atomic E-state index is 4.64. The number of hydrogen-bond donors (Lipinski definition) is 1. The Bertz CT molecular complexity index is 945. The molecule has 0 aliphatic carbocycles. The van der Waals surface area contributed by atoms with Crippen molar-refractivity contribution in [2.75, 3.05) is 5.32 Å². The number of benzene rings is 2. The number of aryl methyl sites for hydroxylation is 1. The third kappa shape index (κ3) is 2.53. The van der Waals surface area contributed by atoms with Crippen molar-refractivity contribution in [1.82, 2.24) is 19.6 Å². The van der Waals surface area contributed by atoms with Gasteiger partial charge in [0.25, 0.3) is 0 Å². The summed E-state index contributed by atoms with van der Waals surface area (Å²) < 4.78 is 1.84. The van der Waals surface area contributed by atoms with Gasteiger partial charge < -0.3 is 5.32 Å². The Kier molecular flexibility index (Phi) is 3.24. The lowest BCUT2D eigenvalue weighted by atomic mass is 10.2. The van der Waals surface area contributed by atoms with Gasteiger partial charge in [0.2, 0.25) is 5.95 Å². The summed E-state index contributed by atoms with van der Waals surface area (Å²) in [6, 6.07) is 19.9. The summed E-state index contributed by atoms with van der Waals surface area (Å²) in [7, 11) is 0. The van der Waals surface area contributed by atoms with Crippen molar-refractivity contribution in [2.45, 2.75) is 6.92 Å². The Labute approximate surface area is 133 Å². The molecule has 0 unspecified atom stereocenters. The summed E-state index contributed by atoms with van der Waals surface area (Å²) in [6.45, 7) is 1.97. The maximum Gasteiger partial charge on any atom is 0.245 e. The van der Waals surface area contributed by atoms with Gasteiger partial charge in [-0.1, -0.05) is 48.5 Å². The Morgan fingerprint density at radius 1 is 0.913 bits per heavy atom. The molecule has 5 nitrogen and oxygen atoms in total. The van der Waals surface area contributed by atoms with Gasteiger partial charge in [0.1, 0.15) is 5.52 Å². The van der Waals surface area contributed by atoms with Crippen molar-refractivity contribution in [3.05, 3.63) is 72.6 Å². The molecule has 1 N–H and O–H groups in total. The SMILES string of the molecule is Cc1nc(-c2ccccc2)n2nc(Nc3ccccc3)ncc12. The maximum absolute atomic E-state index is 4.64. The summed E-state index contributed by atoms with van der Waals surface area (Å²) in [6.07, 6.45) is 1.80. The minimum atomic E-state index is 0.540. The standard InChI is InChI=1S/C18H15N5/c1-13-16-12-19-18(21-15-10-6-3-7-11-15)22-23(16)17(20-13)14-8-4-2-5-9-14/h2-12H,1H3,(H,21,22). The molecule has 0 saturated carbocycles. The van der Waals surface area contributed by atoms with E-state index in [-0.39, 0.29) is 0 Å². The Hall–Kier alpha value is -3.21. The van der Waals surface area contributed by atoms with Gasteiger partial charge in [0, 0.05) is 11.3 Å². The van der Waals surface area contributed by atoms with Gasteiger partial charge in [-0.25, -0.2) is 14.5 Å². The number of anilines is 2. The van der Waals surface area contributed by atoms with Crippen LogP contribution < -0.4 is 5.32 Å². The van der Waals surface area contributed by atoms with Gasteiger partial charge >= 0.3 is 0 Å². The first-order valence-electron chi connectivity index (χ1n) is 7.41. The molecule has 0 aliphatic rings. The van der Waals surface area contributed by atoms with Crippen molar-refractivity contribution in [1.29, 1.82) is 0 Å². The van der Waals surface area contributed by atoms with Crippen LogP contribution in [-0.4, -0.2) is 19.6 Å². The Morgan fingerprint density at radius 2 is 1.61 bits per heavy atom. The molecule has 4 aromatic rings. The lowest BCUT2D eigenvalue weighted by Gasteiger charge is -2.06. The van der Waals surface area contributed by atoms with Crippen molar-refractivity contribution < 1.29 is 0 Å². The minimum absolute atomic E-state index is 0.540. The quantitative estimate of drug-likeness (QED) is 0.624. The van der Waals surface area contributed by atoms with Crippen LogP contribution >= 0.6 is 0 Å². The van der Waals surface area contributed by atoms with Crippen LogP contribution in [0.25, 0.3) is 16.9 Å². The molecule has 2 heterocycles. The van der Waals surface area contributed by atoms with Gasteiger partial charge in [-0.2, -0.15) is 0 Å². The van der Waals surface area contributed by atoms with Crippen LogP contribution in [0.15, 0.2) is 66.9 Å². The first-order chi connectivity index (χ1) is 11.3. The van der Waals surface area contributed by atoms with E-state index in [9.17, 15) is 0 Å². The number of nitrogens with zero attached hydrogens (tertiary/aromatic N) is 4. The van der Waals surface area contributed by atoms with Gasteiger partial charge in [-0.05, 0) is 19.1 Å². The highest BCUT2D eigenvalue weighted by atomic mass is 15.3. The van der Waals surface area contributed by atoms with Crippen molar-refractivity contribution in [3.8, 4) is 11.4 Å². The van der Waals surface area contributed by atoms with Crippen LogP contribution in [-0.2, 0) is 0 Å². The van der Waals surface area contributed by atoms with E-state index in [4.69, 9.17) is 0 Å². The number of rotatable bonds is 3. The van der Waals surface area contributed by atoms with Gasteiger partial charge in [-0.3, -0.25) is 0 Å². The van der Waals surface area contributed by atoms with Crippen LogP contribution in [0, 0.1) is 6.92 Å². The molecule has 0 atom stereocenters. The van der Waals surface area contributed by atoms with Gasteiger partial charge in [0.15, 0.2) is 5.82 Å². The summed E-state index contributed by atoms with van der Waals surface area (Å²) in [4.78, 5) is 9.03. The molecule has 0 fully saturated rings. The highest BCUT2D eigenvalue weighted by Gasteiger charge is 2.12. The van der Waals surface area contributed by atoms with Crippen LogP contribution in [0.5, 0.6) is 0 Å². The molecule has 0 saturated heterocycles. The van der Waals surface area contributed by atoms with Crippen LogP contribution in [0.2, 0.25) is 0 Å².